The zero-order chi connectivity index (χ0) is 12.0. The molecule has 86 valence electrons. The van der Waals surface area contributed by atoms with Gasteiger partial charge in [-0.05, 0) is 34.0 Å². The zero-order valence-electron chi connectivity index (χ0n) is 9.46. The Bertz CT molecular complexity index is 387. The third kappa shape index (κ3) is 3.51. The number of nitrogens with one attached hydrogen (secondary N) is 1. The van der Waals surface area contributed by atoms with Crippen LogP contribution in [-0.4, -0.2) is 20.3 Å². The van der Waals surface area contributed by atoms with Crippen molar-refractivity contribution in [3.8, 4) is 6.07 Å². The number of nitriles is 1. The molecule has 1 aromatic rings. The summed E-state index contributed by atoms with van der Waals surface area (Å²) < 4.78 is 5.88. The highest BCUT2D eigenvalue weighted by molar-refractivity contribution is 9.10. The Morgan fingerprint density at radius 1 is 1.56 bits per heavy atom. The van der Waals surface area contributed by atoms with Crippen LogP contribution in [0.1, 0.15) is 12.5 Å². The maximum absolute atomic E-state index is 9.02. The van der Waals surface area contributed by atoms with E-state index in [0.29, 0.717) is 18.1 Å². The number of ether oxygens (including phenoxy) is 1. The lowest BCUT2D eigenvalue weighted by atomic mass is 10.1. The number of hydrogen-bond donors (Lipinski definition) is 1. The molecular weight excluding hydrogens is 268 g/mol. The number of hydrogen-bond acceptors (Lipinski definition) is 3. The minimum atomic E-state index is 0.413. The zero-order valence-corrected chi connectivity index (χ0v) is 11.0. The van der Waals surface area contributed by atoms with E-state index in [1.807, 2.05) is 18.2 Å². The smallest absolute Gasteiger partial charge is 0.103 e. The normalized spacial score (nSPS) is 11.9. The van der Waals surface area contributed by atoms with Gasteiger partial charge < -0.3 is 10.1 Å². The SMILES string of the molecule is COCC(C)CNc1cccc(Br)c1C#N. The highest BCUT2D eigenvalue weighted by atomic mass is 79.9. The summed E-state index contributed by atoms with van der Waals surface area (Å²) in [4.78, 5) is 0. The summed E-state index contributed by atoms with van der Waals surface area (Å²) >= 11 is 3.36. The minimum Gasteiger partial charge on any atom is -0.384 e. The molecule has 0 aromatic heterocycles. The Labute approximate surface area is 105 Å². The van der Waals surface area contributed by atoms with Gasteiger partial charge in [0.2, 0.25) is 0 Å². The molecular formula is C12H15BrN2O. The van der Waals surface area contributed by atoms with Crippen LogP contribution in [-0.2, 0) is 4.74 Å². The Hall–Kier alpha value is -1.05. The summed E-state index contributed by atoms with van der Waals surface area (Å²) in [5.41, 5.74) is 1.51. The Balaban J connectivity index is 2.67. The van der Waals surface area contributed by atoms with Gasteiger partial charge in [-0.3, -0.25) is 0 Å². The van der Waals surface area contributed by atoms with E-state index in [9.17, 15) is 0 Å². The van der Waals surface area contributed by atoms with Gasteiger partial charge >= 0.3 is 0 Å². The molecule has 0 radical (unpaired) electrons. The lowest BCUT2D eigenvalue weighted by molar-refractivity contribution is 0.164. The largest absolute Gasteiger partial charge is 0.384 e. The summed E-state index contributed by atoms with van der Waals surface area (Å²) in [5, 5.41) is 12.3. The molecule has 0 spiro atoms. The summed E-state index contributed by atoms with van der Waals surface area (Å²) in [6.45, 7) is 3.60. The number of halogens is 1. The number of nitrogens with zero attached hydrogens (tertiary/aromatic N) is 1. The van der Waals surface area contributed by atoms with E-state index in [0.717, 1.165) is 16.7 Å². The molecule has 1 rings (SSSR count). The van der Waals surface area contributed by atoms with Crippen molar-refractivity contribution in [1.82, 2.24) is 0 Å². The molecule has 0 heterocycles. The van der Waals surface area contributed by atoms with Crippen molar-refractivity contribution >= 4 is 21.6 Å². The number of methoxy groups -OCH3 is 1. The second kappa shape index (κ2) is 6.51. The first-order valence-electron chi connectivity index (χ1n) is 5.10. The van der Waals surface area contributed by atoms with Crippen molar-refractivity contribution in [3.63, 3.8) is 0 Å². The predicted octanol–water partition coefficient (Wildman–Crippen LogP) is 3.02. The number of rotatable bonds is 5. The van der Waals surface area contributed by atoms with Gasteiger partial charge in [-0.1, -0.05) is 13.0 Å². The fourth-order valence-electron chi connectivity index (χ4n) is 1.41. The van der Waals surface area contributed by atoms with Crippen LogP contribution in [0, 0.1) is 17.2 Å². The van der Waals surface area contributed by atoms with E-state index in [1.54, 1.807) is 7.11 Å². The molecule has 0 fully saturated rings. The summed E-state index contributed by atoms with van der Waals surface area (Å²) in [7, 11) is 1.69. The molecule has 1 N–H and O–H groups in total. The van der Waals surface area contributed by atoms with Crippen LogP contribution < -0.4 is 5.32 Å². The molecule has 3 nitrogen and oxygen atoms in total. The Morgan fingerprint density at radius 2 is 2.31 bits per heavy atom. The van der Waals surface area contributed by atoms with Crippen LogP contribution >= 0.6 is 15.9 Å². The van der Waals surface area contributed by atoms with Crippen LogP contribution in [0.15, 0.2) is 22.7 Å². The summed E-state index contributed by atoms with van der Waals surface area (Å²) in [5.74, 6) is 0.413. The van der Waals surface area contributed by atoms with E-state index in [-0.39, 0.29) is 0 Å². The Kier molecular flexibility index (Phi) is 5.30. The average Bonchev–Trinajstić information content (AvgIpc) is 2.27. The highest BCUT2D eigenvalue weighted by Crippen LogP contribution is 2.23. The van der Waals surface area contributed by atoms with Gasteiger partial charge in [0, 0.05) is 18.1 Å². The quantitative estimate of drug-likeness (QED) is 0.903. The maximum Gasteiger partial charge on any atom is 0.103 e. The van der Waals surface area contributed by atoms with E-state index < -0.39 is 0 Å². The Morgan fingerprint density at radius 3 is 2.94 bits per heavy atom. The van der Waals surface area contributed by atoms with Crippen molar-refractivity contribution in [1.29, 1.82) is 5.26 Å². The van der Waals surface area contributed by atoms with E-state index in [2.05, 4.69) is 34.2 Å². The molecule has 1 atom stereocenters. The summed E-state index contributed by atoms with van der Waals surface area (Å²) in [6, 6.07) is 7.86. The standard InChI is InChI=1S/C12H15BrN2O/c1-9(8-16-2)7-15-12-5-3-4-11(13)10(12)6-14/h3-5,9,15H,7-8H2,1-2H3. The highest BCUT2D eigenvalue weighted by Gasteiger charge is 2.07. The first-order valence-corrected chi connectivity index (χ1v) is 5.89. The molecule has 1 aromatic carbocycles. The first kappa shape index (κ1) is 13.0. The number of benzene rings is 1. The van der Waals surface area contributed by atoms with Gasteiger partial charge in [-0.25, -0.2) is 0 Å². The van der Waals surface area contributed by atoms with Crippen molar-refractivity contribution in [3.05, 3.63) is 28.2 Å². The summed E-state index contributed by atoms with van der Waals surface area (Å²) in [6.07, 6.45) is 0. The maximum atomic E-state index is 9.02. The van der Waals surface area contributed by atoms with Gasteiger partial charge in [0.1, 0.15) is 6.07 Å². The lowest BCUT2D eigenvalue weighted by Gasteiger charge is -2.13. The van der Waals surface area contributed by atoms with Gasteiger partial charge in [-0.2, -0.15) is 5.26 Å². The van der Waals surface area contributed by atoms with Crippen molar-refractivity contribution in [2.24, 2.45) is 5.92 Å². The predicted molar refractivity (Wildman–Crippen MR) is 68.4 cm³/mol. The fourth-order valence-corrected chi connectivity index (χ4v) is 1.87. The van der Waals surface area contributed by atoms with Crippen LogP contribution in [0.25, 0.3) is 0 Å². The van der Waals surface area contributed by atoms with Crippen LogP contribution in [0.2, 0.25) is 0 Å². The van der Waals surface area contributed by atoms with Crippen molar-refractivity contribution < 1.29 is 4.74 Å². The van der Waals surface area contributed by atoms with Crippen LogP contribution in [0.4, 0.5) is 5.69 Å². The average molecular weight is 283 g/mol. The van der Waals surface area contributed by atoms with E-state index in [4.69, 9.17) is 10.00 Å². The van der Waals surface area contributed by atoms with Crippen molar-refractivity contribution in [2.45, 2.75) is 6.92 Å². The molecule has 1 unspecified atom stereocenters. The molecule has 4 heteroatoms. The topological polar surface area (TPSA) is 45.0 Å². The van der Waals surface area contributed by atoms with Gasteiger partial charge in [-0.15, -0.1) is 0 Å². The number of anilines is 1. The second-order valence-electron chi connectivity index (χ2n) is 3.72. The fraction of sp³-hybridized carbons (Fsp3) is 0.417. The van der Waals surface area contributed by atoms with E-state index in [1.165, 1.54) is 0 Å². The molecule has 0 amide bonds. The molecule has 0 bridgehead atoms. The molecule has 0 saturated carbocycles. The molecule has 0 aliphatic carbocycles. The first-order chi connectivity index (χ1) is 7.69. The van der Waals surface area contributed by atoms with Crippen LogP contribution in [0.5, 0.6) is 0 Å². The monoisotopic (exact) mass is 282 g/mol. The third-order valence-corrected chi connectivity index (χ3v) is 2.88. The van der Waals surface area contributed by atoms with Crippen LogP contribution in [0.3, 0.4) is 0 Å². The molecule has 0 aliphatic rings. The second-order valence-corrected chi connectivity index (χ2v) is 4.57. The molecule has 0 aliphatic heterocycles. The van der Waals surface area contributed by atoms with Gasteiger partial charge in [0.25, 0.3) is 0 Å². The molecule has 0 saturated heterocycles. The lowest BCUT2D eigenvalue weighted by Crippen LogP contribution is -2.16. The van der Waals surface area contributed by atoms with Gasteiger partial charge in [0.15, 0.2) is 0 Å². The minimum absolute atomic E-state index is 0.413. The van der Waals surface area contributed by atoms with Gasteiger partial charge in [0.05, 0.1) is 17.9 Å². The van der Waals surface area contributed by atoms with E-state index >= 15 is 0 Å². The van der Waals surface area contributed by atoms with Crippen molar-refractivity contribution in [2.75, 3.05) is 25.6 Å². The molecule has 16 heavy (non-hydrogen) atoms. The third-order valence-electron chi connectivity index (χ3n) is 2.22.